The molecule has 0 radical (unpaired) electrons. The molecule has 4 fully saturated rings. The zero-order chi connectivity index (χ0) is 23.0. The van der Waals surface area contributed by atoms with Crippen LogP contribution in [0.15, 0.2) is 85.2 Å². The van der Waals surface area contributed by atoms with Crippen molar-refractivity contribution in [2.45, 2.75) is 55.5 Å². The summed E-state index contributed by atoms with van der Waals surface area (Å²) in [5, 5.41) is 0. The van der Waals surface area contributed by atoms with Gasteiger partial charge in [-0.05, 0) is 68.5 Å². The predicted octanol–water partition coefficient (Wildman–Crippen LogP) is 5.49. The van der Waals surface area contributed by atoms with E-state index in [1.165, 1.54) is 37.1 Å². The number of nitrogens with zero attached hydrogens (tertiary/aromatic N) is 3. The molecule has 3 aromatic rings. The van der Waals surface area contributed by atoms with Crippen molar-refractivity contribution in [1.82, 2.24) is 14.8 Å². The van der Waals surface area contributed by atoms with E-state index in [4.69, 9.17) is 0 Å². The monoisotopic (exact) mass is 451 g/mol. The van der Waals surface area contributed by atoms with Crippen molar-refractivity contribution >= 4 is 5.91 Å². The molecule has 2 atom stereocenters. The highest BCUT2D eigenvalue weighted by molar-refractivity contribution is 5.94. The fourth-order valence-corrected chi connectivity index (χ4v) is 7.08. The van der Waals surface area contributed by atoms with Gasteiger partial charge in [0.05, 0.1) is 0 Å². The molecule has 4 heteroatoms. The van der Waals surface area contributed by atoms with Crippen LogP contribution in [-0.2, 0) is 0 Å². The molecule has 0 unspecified atom stereocenters. The third kappa shape index (κ3) is 3.74. The maximum Gasteiger partial charge on any atom is 0.254 e. The SMILES string of the molecule is O=C(c1ccncc1)N1CCC2(N3CCCC3)C[C@@H](c3ccccc3)C1[C@H](c1ccccc1)C2. The molecule has 174 valence electrons. The summed E-state index contributed by atoms with van der Waals surface area (Å²) >= 11 is 0. The Labute approximate surface area is 202 Å². The van der Waals surface area contributed by atoms with E-state index >= 15 is 0 Å². The van der Waals surface area contributed by atoms with Gasteiger partial charge in [-0.2, -0.15) is 0 Å². The van der Waals surface area contributed by atoms with Crippen molar-refractivity contribution in [3.8, 4) is 0 Å². The van der Waals surface area contributed by atoms with Crippen molar-refractivity contribution in [2.24, 2.45) is 0 Å². The van der Waals surface area contributed by atoms with Gasteiger partial charge in [0.15, 0.2) is 0 Å². The van der Waals surface area contributed by atoms with Gasteiger partial charge in [-0.25, -0.2) is 0 Å². The van der Waals surface area contributed by atoms with Crippen LogP contribution in [0.3, 0.4) is 0 Å². The second-order valence-electron chi connectivity index (χ2n) is 10.3. The number of hydrogen-bond acceptors (Lipinski definition) is 3. The van der Waals surface area contributed by atoms with Gasteiger partial charge in [0.1, 0.15) is 0 Å². The van der Waals surface area contributed by atoms with E-state index in [0.717, 1.165) is 31.4 Å². The minimum Gasteiger partial charge on any atom is -0.334 e. The van der Waals surface area contributed by atoms with E-state index in [1.54, 1.807) is 12.4 Å². The molecule has 1 aliphatic carbocycles. The number of fused-ring (bicyclic) bond motifs is 4. The highest BCUT2D eigenvalue weighted by Gasteiger charge is 2.55. The van der Waals surface area contributed by atoms with Gasteiger partial charge in [-0.15, -0.1) is 0 Å². The van der Waals surface area contributed by atoms with Crippen molar-refractivity contribution < 1.29 is 4.79 Å². The Bertz CT molecular complexity index is 1060. The number of carbonyl (C=O) groups is 1. The summed E-state index contributed by atoms with van der Waals surface area (Å²) in [6, 6.07) is 25.8. The van der Waals surface area contributed by atoms with Crippen LogP contribution < -0.4 is 0 Å². The first-order valence-corrected chi connectivity index (χ1v) is 12.8. The summed E-state index contributed by atoms with van der Waals surface area (Å²) in [6.07, 6.45) is 9.35. The fraction of sp³-hybridized carbons (Fsp3) is 0.400. The normalized spacial score (nSPS) is 29.2. The lowest BCUT2D eigenvalue weighted by Crippen LogP contribution is -2.54. The van der Waals surface area contributed by atoms with Crippen molar-refractivity contribution in [3.63, 3.8) is 0 Å². The Morgan fingerprint density at radius 3 is 1.88 bits per heavy atom. The molecule has 4 heterocycles. The van der Waals surface area contributed by atoms with Crippen LogP contribution >= 0.6 is 0 Å². The lowest BCUT2D eigenvalue weighted by molar-refractivity contribution is 0.0423. The van der Waals surface area contributed by atoms with Gasteiger partial charge in [0.2, 0.25) is 0 Å². The third-order valence-electron chi connectivity index (χ3n) is 8.62. The quantitative estimate of drug-likeness (QED) is 0.526. The highest BCUT2D eigenvalue weighted by Crippen LogP contribution is 2.54. The van der Waals surface area contributed by atoms with Crippen LogP contribution in [0.2, 0.25) is 0 Å². The van der Waals surface area contributed by atoms with E-state index in [9.17, 15) is 4.79 Å². The molecule has 3 aliphatic heterocycles. The number of hydrogen-bond donors (Lipinski definition) is 0. The molecule has 2 aromatic carbocycles. The lowest BCUT2D eigenvalue weighted by atomic mass is 9.63. The molecule has 4 nitrogen and oxygen atoms in total. The molecule has 1 saturated carbocycles. The number of carbonyl (C=O) groups excluding carboxylic acids is 1. The number of benzene rings is 2. The first-order chi connectivity index (χ1) is 16.8. The van der Waals surface area contributed by atoms with Gasteiger partial charge < -0.3 is 4.90 Å². The van der Waals surface area contributed by atoms with Gasteiger partial charge >= 0.3 is 0 Å². The van der Waals surface area contributed by atoms with E-state index < -0.39 is 0 Å². The minimum atomic E-state index is 0.140. The van der Waals surface area contributed by atoms with E-state index in [1.807, 2.05) is 12.1 Å². The average molecular weight is 452 g/mol. The summed E-state index contributed by atoms with van der Waals surface area (Å²) in [5.74, 6) is 0.775. The highest BCUT2D eigenvalue weighted by atomic mass is 16.2. The number of rotatable bonds is 4. The Morgan fingerprint density at radius 1 is 0.765 bits per heavy atom. The van der Waals surface area contributed by atoms with Crippen LogP contribution in [0.4, 0.5) is 0 Å². The molecular formula is C30H33N3O. The minimum absolute atomic E-state index is 0.140. The zero-order valence-electron chi connectivity index (χ0n) is 19.7. The molecule has 0 N–H and O–H groups in total. The maximum absolute atomic E-state index is 14.0. The predicted molar refractivity (Wildman–Crippen MR) is 135 cm³/mol. The van der Waals surface area contributed by atoms with Gasteiger partial charge in [0.25, 0.3) is 5.91 Å². The first kappa shape index (κ1) is 21.5. The number of aromatic nitrogens is 1. The molecule has 2 bridgehead atoms. The number of likely N-dealkylation sites (tertiary alicyclic amines) is 1. The third-order valence-corrected chi connectivity index (χ3v) is 8.62. The number of pyridine rings is 1. The molecule has 7 rings (SSSR count). The van der Waals surface area contributed by atoms with Crippen LogP contribution in [0.1, 0.15) is 65.4 Å². The lowest BCUT2D eigenvalue weighted by Gasteiger charge is -2.51. The Kier molecular flexibility index (Phi) is 5.70. The second kappa shape index (κ2) is 8.99. The average Bonchev–Trinajstić information content (AvgIpc) is 3.35. The summed E-state index contributed by atoms with van der Waals surface area (Å²) < 4.78 is 0. The summed E-state index contributed by atoms with van der Waals surface area (Å²) in [6.45, 7) is 3.19. The first-order valence-electron chi connectivity index (χ1n) is 12.8. The topological polar surface area (TPSA) is 36.4 Å². The zero-order valence-corrected chi connectivity index (χ0v) is 19.7. The maximum atomic E-state index is 14.0. The Balaban J connectivity index is 1.51. The van der Waals surface area contributed by atoms with Gasteiger partial charge in [-0.3, -0.25) is 14.7 Å². The molecule has 4 aliphatic rings. The standard InChI is InChI=1S/C30H33N3O/c34-29(25-13-16-31-17-14-25)33-20-15-30(32-18-7-8-19-32)21-26(23-9-3-1-4-10-23)28(33)27(22-30)24-11-5-2-6-12-24/h1-6,9-14,16-17,26-28H,7-8,15,18-22H2/t26-,27-,28?,30?/m0/s1. The largest absolute Gasteiger partial charge is 0.334 e. The van der Waals surface area contributed by atoms with Gasteiger partial charge in [0, 0.05) is 47.9 Å². The number of amides is 1. The van der Waals surface area contributed by atoms with Crippen molar-refractivity contribution in [1.29, 1.82) is 0 Å². The fourth-order valence-electron chi connectivity index (χ4n) is 7.08. The van der Waals surface area contributed by atoms with Crippen molar-refractivity contribution in [3.05, 3.63) is 102 Å². The Morgan fingerprint density at radius 2 is 1.32 bits per heavy atom. The Hall–Kier alpha value is -2.98. The van der Waals surface area contributed by atoms with Crippen molar-refractivity contribution in [2.75, 3.05) is 19.6 Å². The summed E-state index contributed by atoms with van der Waals surface area (Å²) in [7, 11) is 0. The molecule has 1 aromatic heterocycles. The van der Waals surface area contributed by atoms with E-state index in [-0.39, 0.29) is 17.5 Å². The summed E-state index contributed by atoms with van der Waals surface area (Å²) in [4.78, 5) is 23.2. The summed E-state index contributed by atoms with van der Waals surface area (Å²) in [5.41, 5.74) is 3.62. The molecular weight excluding hydrogens is 418 g/mol. The molecule has 34 heavy (non-hydrogen) atoms. The van der Waals surface area contributed by atoms with Crippen LogP contribution in [0, 0.1) is 0 Å². The second-order valence-corrected chi connectivity index (χ2v) is 10.3. The van der Waals surface area contributed by atoms with E-state index in [2.05, 4.69) is 75.4 Å². The smallest absolute Gasteiger partial charge is 0.254 e. The molecule has 3 saturated heterocycles. The van der Waals surface area contributed by atoms with Crippen LogP contribution in [-0.4, -0.2) is 51.9 Å². The van der Waals surface area contributed by atoms with E-state index in [0.29, 0.717) is 11.8 Å². The molecule has 1 amide bonds. The van der Waals surface area contributed by atoms with Crippen LogP contribution in [0.5, 0.6) is 0 Å². The van der Waals surface area contributed by atoms with Gasteiger partial charge in [-0.1, -0.05) is 60.7 Å². The molecule has 0 spiro atoms. The van der Waals surface area contributed by atoms with Crippen LogP contribution in [0.25, 0.3) is 0 Å².